The standard InChI is InChI=1S/C22H29N3O9/c23-20(29)18(2-1-7-26)25-21(30)16-4-3-15(14-17(16)22(25)31)24-6-9-33-11-13-34-12-10-32-8-5-19(27)28/h3-4,7,14,18,24H,1-2,5-6,8-13H2,(H2,23,29)(H,27,28). The van der Waals surface area contributed by atoms with Gasteiger partial charge in [0.1, 0.15) is 12.3 Å². The van der Waals surface area contributed by atoms with Crippen molar-refractivity contribution in [2.24, 2.45) is 5.73 Å². The molecule has 1 atom stereocenters. The summed E-state index contributed by atoms with van der Waals surface area (Å²) in [6.07, 6.45) is 0.538. The van der Waals surface area contributed by atoms with Gasteiger partial charge in [0, 0.05) is 18.7 Å². The van der Waals surface area contributed by atoms with Gasteiger partial charge in [-0.2, -0.15) is 0 Å². The summed E-state index contributed by atoms with van der Waals surface area (Å²) in [7, 11) is 0. The Morgan fingerprint density at radius 2 is 1.62 bits per heavy atom. The lowest BCUT2D eigenvalue weighted by atomic mass is 10.1. The highest BCUT2D eigenvalue weighted by Crippen LogP contribution is 2.28. The molecule has 0 spiro atoms. The van der Waals surface area contributed by atoms with Crippen molar-refractivity contribution < 1.29 is 43.3 Å². The number of aliphatic carboxylic acids is 1. The first-order valence-electron chi connectivity index (χ1n) is 10.8. The number of anilines is 1. The zero-order valence-electron chi connectivity index (χ0n) is 18.7. The van der Waals surface area contributed by atoms with Gasteiger partial charge in [-0.25, -0.2) is 0 Å². The third-order valence-corrected chi connectivity index (χ3v) is 4.90. The number of carboxylic acid groups (broad SMARTS) is 1. The second-order valence-electron chi connectivity index (χ2n) is 7.31. The number of nitrogens with one attached hydrogen (secondary N) is 1. The molecule has 0 radical (unpaired) electrons. The fraction of sp³-hybridized carbons (Fsp3) is 0.500. The van der Waals surface area contributed by atoms with Crippen LogP contribution >= 0.6 is 0 Å². The van der Waals surface area contributed by atoms with Crippen molar-refractivity contribution in [3.8, 4) is 0 Å². The molecule has 1 aromatic rings. The van der Waals surface area contributed by atoms with Crippen molar-refractivity contribution in [1.82, 2.24) is 4.90 Å². The van der Waals surface area contributed by atoms with Gasteiger partial charge in [-0.05, 0) is 24.6 Å². The van der Waals surface area contributed by atoms with E-state index in [1.54, 1.807) is 6.07 Å². The molecular formula is C22H29N3O9. The molecule has 1 unspecified atom stereocenters. The van der Waals surface area contributed by atoms with Gasteiger partial charge < -0.3 is 35.2 Å². The van der Waals surface area contributed by atoms with Gasteiger partial charge in [-0.15, -0.1) is 0 Å². The van der Waals surface area contributed by atoms with Gasteiger partial charge in [0.2, 0.25) is 5.91 Å². The van der Waals surface area contributed by atoms with E-state index < -0.39 is 29.7 Å². The van der Waals surface area contributed by atoms with Crippen LogP contribution in [0.4, 0.5) is 5.69 Å². The smallest absolute Gasteiger partial charge is 0.305 e. The van der Waals surface area contributed by atoms with E-state index in [4.69, 9.17) is 25.1 Å². The average Bonchev–Trinajstić information content (AvgIpc) is 3.04. The van der Waals surface area contributed by atoms with Crippen LogP contribution in [0.3, 0.4) is 0 Å². The lowest BCUT2D eigenvalue weighted by Crippen LogP contribution is -2.47. The number of carbonyl (C=O) groups excluding carboxylic acids is 4. The number of nitrogens with two attached hydrogens (primary N) is 1. The van der Waals surface area contributed by atoms with Gasteiger partial charge in [0.05, 0.1) is 57.2 Å². The number of imide groups is 1. The monoisotopic (exact) mass is 479 g/mol. The Labute approximate surface area is 196 Å². The van der Waals surface area contributed by atoms with Crippen molar-refractivity contribution in [3.05, 3.63) is 29.3 Å². The molecule has 0 fully saturated rings. The largest absolute Gasteiger partial charge is 0.481 e. The minimum absolute atomic E-state index is 0.000568. The summed E-state index contributed by atoms with van der Waals surface area (Å²) in [4.78, 5) is 59.0. The van der Waals surface area contributed by atoms with Crippen LogP contribution in [0, 0.1) is 0 Å². The van der Waals surface area contributed by atoms with Crippen LogP contribution < -0.4 is 11.1 Å². The zero-order chi connectivity index (χ0) is 24.9. The summed E-state index contributed by atoms with van der Waals surface area (Å²) in [5.41, 5.74) is 6.28. The first kappa shape index (κ1) is 26.9. The maximum Gasteiger partial charge on any atom is 0.305 e. The minimum Gasteiger partial charge on any atom is -0.481 e. The van der Waals surface area contributed by atoms with E-state index in [1.807, 2.05) is 0 Å². The third kappa shape index (κ3) is 7.90. The summed E-state index contributed by atoms with van der Waals surface area (Å²) in [6.45, 7) is 2.31. The Kier molecular flexibility index (Phi) is 11.1. The molecule has 12 heteroatoms. The van der Waals surface area contributed by atoms with Gasteiger partial charge >= 0.3 is 5.97 Å². The Hall–Kier alpha value is -3.35. The predicted octanol–water partition coefficient (Wildman–Crippen LogP) is 0.0520. The SMILES string of the molecule is NC(=O)C(CCC=O)N1C(=O)c2ccc(NCCOCCOCCOCCC(=O)O)cc2C1=O. The summed E-state index contributed by atoms with van der Waals surface area (Å²) in [6, 6.07) is 3.50. The highest BCUT2D eigenvalue weighted by Gasteiger charge is 2.42. The lowest BCUT2D eigenvalue weighted by Gasteiger charge is -2.22. The van der Waals surface area contributed by atoms with Crippen LogP contribution in [0.5, 0.6) is 0 Å². The number of carbonyl (C=O) groups is 5. The second-order valence-corrected chi connectivity index (χ2v) is 7.31. The maximum absolute atomic E-state index is 12.8. The predicted molar refractivity (Wildman–Crippen MR) is 118 cm³/mol. The van der Waals surface area contributed by atoms with Crippen molar-refractivity contribution in [3.63, 3.8) is 0 Å². The van der Waals surface area contributed by atoms with Crippen LogP contribution in [0.2, 0.25) is 0 Å². The molecular weight excluding hydrogens is 450 g/mol. The summed E-state index contributed by atoms with van der Waals surface area (Å²) >= 11 is 0. The molecule has 0 saturated heterocycles. The molecule has 1 heterocycles. The van der Waals surface area contributed by atoms with Crippen molar-refractivity contribution in [2.45, 2.75) is 25.3 Å². The van der Waals surface area contributed by atoms with E-state index in [1.165, 1.54) is 12.1 Å². The van der Waals surface area contributed by atoms with Crippen molar-refractivity contribution in [2.75, 3.05) is 51.5 Å². The summed E-state index contributed by atoms with van der Waals surface area (Å²) in [5, 5.41) is 11.6. The number of ether oxygens (including phenoxy) is 3. The van der Waals surface area contributed by atoms with Crippen molar-refractivity contribution >= 4 is 35.7 Å². The number of primary amides is 1. The third-order valence-electron chi connectivity index (χ3n) is 4.90. The van der Waals surface area contributed by atoms with E-state index in [2.05, 4.69) is 5.32 Å². The zero-order valence-corrected chi connectivity index (χ0v) is 18.7. The van der Waals surface area contributed by atoms with Crippen molar-refractivity contribution in [1.29, 1.82) is 0 Å². The summed E-state index contributed by atoms with van der Waals surface area (Å²) < 4.78 is 15.8. The first-order chi connectivity index (χ1) is 16.4. The molecule has 0 bridgehead atoms. The van der Waals surface area contributed by atoms with Crippen LogP contribution in [-0.2, 0) is 28.6 Å². The molecule has 1 aliphatic rings. The molecule has 1 aromatic carbocycles. The van der Waals surface area contributed by atoms with E-state index >= 15 is 0 Å². The second kappa shape index (κ2) is 14.0. The Morgan fingerprint density at radius 3 is 2.24 bits per heavy atom. The number of nitrogens with zero attached hydrogens (tertiary/aromatic N) is 1. The first-order valence-corrected chi connectivity index (χ1v) is 10.8. The number of amides is 3. The number of hydrogen-bond donors (Lipinski definition) is 3. The number of carboxylic acids is 1. The average molecular weight is 479 g/mol. The molecule has 34 heavy (non-hydrogen) atoms. The quantitative estimate of drug-likeness (QED) is 0.148. The molecule has 0 saturated carbocycles. The summed E-state index contributed by atoms with van der Waals surface area (Å²) in [5.74, 6) is -3.00. The molecule has 12 nitrogen and oxygen atoms in total. The van der Waals surface area contributed by atoms with Gasteiger partial charge in [0.15, 0.2) is 0 Å². The number of fused-ring (bicyclic) bond motifs is 1. The van der Waals surface area contributed by atoms with Crippen LogP contribution in [0.25, 0.3) is 0 Å². The van der Waals surface area contributed by atoms with Gasteiger partial charge in [-0.3, -0.25) is 24.1 Å². The molecule has 1 aliphatic heterocycles. The van der Waals surface area contributed by atoms with E-state index in [-0.39, 0.29) is 37.0 Å². The van der Waals surface area contributed by atoms with Crippen LogP contribution in [0.15, 0.2) is 18.2 Å². The van der Waals surface area contributed by atoms with Crippen LogP contribution in [-0.4, -0.2) is 92.2 Å². The number of aldehydes is 1. The Balaban J connectivity index is 1.71. The van der Waals surface area contributed by atoms with Gasteiger partial charge in [0.25, 0.3) is 11.8 Å². The normalized spacial score (nSPS) is 13.6. The molecule has 4 N–H and O–H groups in total. The highest BCUT2D eigenvalue weighted by molar-refractivity contribution is 6.23. The number of rotatable bonds is 18. The molecule has 2 rings (SSSR count). The minimum atomic E-state index is -1.18. The van der Waals surface area contributed by atoms with E-state index in [9.17, 15) is 24.0 Å². The van der Waals surface area contributed by atoms with Crippen LogP contribution in [0.1, 0.15) is 40.0 Å². The lowest BCUT2D eigenvalue weighted by molar-refractivity contribution is -0.138. The van der Waals surface area contributed by atoms with E-state index in [0.717, 1.165) is 4.90 Å². The fourth-order valence-corrected chi connectivity index (χ4v) is 3.25. The maximum atomic E-state index is 12.8. The van der Waals surface area contributed by atoms with Gasteiger partial charge in [-0.1, -0.05) is 0 Å². The highest BCUT2D eigenvalue weighted by atomic mass is 16.5. The topological polar surface area (TPSA) is 175 Å². The fourth-order valence-electron chi connectivity index (χ4n) is 3.25. The van der Waals surface area contributed by atoms with E-state index in [0.29, 0.717) is 51.6 Å². The Morgan fingerprint density at radius 1 is 1.00 bits per heavy atom. The molecule has 186 valence electrons. The molecule has 0 aromatic heterocycles. The number of benzene rings is 1. The Bertz CT molecular complexity index is 890. The molecule has 0 aliphatic carbocycles. The molecule has 3 amide bonds. The number of hydrogen-bond acceptors (Lipinski definition) is 9.